The van der Waals surface area contributed by atoms with Crippen molar-refractivity contribution < 1.29 is 44.3 Å². The number of hydrogen-bond acceptors (Lipinski definition) is 4. The topological polar surface area (TPSA) is 124 Å². The molecule has 2 aromatic rings. The van der Waals surface area contributed by atoms with Crippen LogP contribution >= 0.6 is 0 Å². The van der Waals surface area contributed by atoms with Crippen LogP contribution in [0.25, 0.3) is 0 Å². The molecule has 1 saturated heterocycles. The highest BCUT2D eigenvalue weighted by molar-refractivity contribution is 7.89. The lowest BCUT2D eigenvalue weighted by Crippen LogP contribution is -2.60. The van der Waals surface area contributed by atoms with E-state index in [2.05, 4.69) is 0 Å². The molecule has 1 saturated carbocycles. The summed E-state index contributed by atoms with van der Waals surface area (Å²) in [6.45, 7) is -1.31. The fraction of sp³-hybridized carbons (Fsp3) is 0.391. The van der Waals surface area contributed by atoms with Crippen LogP contribution in [0.2, 0.25) is 0 Å². The van der Waals surface area contributed by atoms with Gasteiger partial charge < -0.3 is 10.6 Å². The van der Waals surface area contributed by atoms with E-state index in [0.29, 0.717) is 23.8 Å². The second-order valence-corrected chi connectivity index (χ2v) is 10.9. The summed E-state index contributed by atoms with van der Waals surface area (Å²) in [5, 5.41) is 5.09. The number of likely N-dealkylation sites (tertiary alicyclic amines) is 1. The largest absolute Gasteiger partial charge is 0.416 e. The Morgan fingerprint density at radius 2 is 1.73 bits per heavy atom. The molecule has 14 heteroatoms. The number of amides is 2. The van der Waals surface area contributed by atoms with E-state index in [1.54, 1.807) is 0 Å². The molecule has 1 heterocycles. The summed E-state index contributed by atoms with van der Waals surface area (Å²) >= 11 is 0. The van der Waals surface area contributed by atoms with Crippen LogP contribution in [0.5, 0.6) is 0 Å². The zero-order valence-corrected chi connectivity index (χ0v) is 19.8. The predicted molar refractivity (Wildman–Crippen MR) is 117 cm³/mol. The SMILES string of the molecule is NC(=O)[C@@]1([C@@H](c2ccc(C(F)(F)F)cc2F)C2CC2)CC(F)(F)CN1C(=O)c1cccc(S(N)(=O)=O)c1. The minimum absolute atomic E-state index is 0.203. The number of nitrogens with zero attached hydrogens (tertiary/aromatic N) is 1. The number of carbonyl (C=O) groups excluding carboxylic acids is 2. The Hall–Kier alpha value is -3.13. The van der Waals surface area contributed by atoms with Crippen molar-refractivity contribution >= 4 is 21.8 Å². The molecule has 4 N–H and O–H groups in total. The average molecular weight is 549 g/mol. The minimum Gasteiger partial charge on any atom is -0.368 e. The van der Waals surface area contributed by atoms with Crippen molar-refractivity contribution in [3.63, 3.8) is 0 Å². The van der Waals surface area contributed by atoms with Gasteiger partial charge in [-0.25, -0.2) is 26.7 Å². The van der Waals surface area contributed by atoms with E-state index in [4.69, 9.17) is 10.9 Å². The van der Waals surface area contributed by atoms with Crippen LogP contribution in [0.4, 0.5) is 26.3 Å². The van der Waals surface area contributed by atoms with E-state index < -0.39 is 91.7 Å². The number of sulfonamides is 1. The quantitative estimate of drug-likeness (QED) is 0.536. The molecule has 7 nitrogen and oxygen atoms in total. The van der Waals surface area contributed by atoms with Gasteiger partial charge in [0.25, 0.3) is 11.8 Å². The van der Waals surface area contributed by atoms with E-state index in [0.717, 1.165) is 30.3 Å². The summed E-state index contributed by atoms with van der Waals surface area (Å²) in [6.07, 6.45) is -5.52. The average Bonchev–Trinajstić information content (AvgIpc) is 3.56. The van der Waals surface area contributed by atoms with Crippen LogP contribution in [0.15, 0.2) is 47.4 Å². The first-order valence-corrected chi connectivity index (χ1v) is 12.5. The van der Waals surface area contributed by atoms with Crippen LogP contribution in [-0.4, -0.2) is 43.1 Å². The van der Waals surface area contributed by atoms with Gasteiger partial charge in [-0.2, -0.15) is 13.2 Å². The first kappa shape index (κ1) is 26.9. The van der Waals surface area contributed by atoms with Crippen molar-refractivity contribution in [3.05, 3.63) is 65.0 Å². The fourth-order valence-corrected chi connectivity index (χ4v) is 5.63. The highest BCUT2D eigenvalue weighted by Gasteiger charge is 2.66. The van der Waals surface area contributed by atoms with Gasteiger partial charge in [0.05, 0.1) is 17.0 Å². The molecular formula is C23H21F6N3O4S. The summed E-state index contributed by atoms with van der Waals surface area (Å²) in [5.74, 6) is -9.75. The molecule has 0 aromatic heterocycles. The van der Waals surface area contributed by atoms with Gasteiger partial charge in [-0.05, 0) is 54.7 Å². The Morgan fingerprint density at radius 1 is 1.08 bits per heavy atom. The number of hydrogen-bond donors (Lipinski definition) is 2. The highest BCUT2D eigenvalue weighted by Crippen LogP contribution is 2.57. The highest BCUT2D eigenvalue weighted by atomic mass is 32.2. The van der Waals surface area contributed by atoms with Crippen LogP contribution in [0.3, 0.4) is 0 Å². The molecule has 2 aliphatic rings. The Morgan fingerprint density at radius 3 is 2.24 bits per heavy atom. The first-order chi connectivity index (χ1) is 17.0. The monoisotopic (exact) mass is 549 g/mol. The van der Waals surface area contributed by atoms with Gasteiger partial charge in [-0.15, -0.1) is 0 Å². The van der Waals surface area contributed by atoms with Gasteiger partial charge in [0.15, 0.2) is 0 Å². The van der Waals surface area contributed by atoms with Crippen molar-refractivity contribution in [3.8, 4) is 0 Å². The summed E-state index contributed by atoms with van der Waals surface area (Å²) in [7, 11) is -4.29. The van der Waals surface area contributed by atoms with E-state index in [1.165, 1.54) is 0 Å². The molecule has 0 radical (unpaired) electrons. The molecule has 0 bridgehead atoms. The number of halogens is 6. The zero-order chi connectivity index (χ0) is 27.6. The van der Waals surface area contributed by atoms with Gasteiger partial charge in [-0.3, -0.25) is 9.59 Å². The third-order valence-electron chi connectivity index (χ3n) is 6.75. The van der Waals surface area contributed by atoms with E-state index in [9.17, 15) is 40.0 Å². The van der Waals surface area contributed by atoms with Gasteiger partial charge in [-0.1, -0.05) is 12.1 Å². The van der Waals surface area contributed by atoms with Crippen LogP contribution < -0.4 is 10.9 Å². The Labute approximate surface area is 207 Å². The van der Waals surface area contributed by atoms with E-state index in [1.807, 2.05) is 0 Å². The van der Waals surface area contributed by atoms with Gasteiger partial charge in [0, 0.05) is 17.9 Å². The Kier molecular flexibility index (Phi) is 6.35. The molecule has 2 atom stereocenters. The fourth-order valence-electron chi connectivity index (χ4n) is 5.07. The molecule has 200 valence electrons. The summed E-state index contributed by atoms with van der Waals surface area (Å²) < 4.78 is 108. The second kappa shape index (κ2) is 8.72. The number of nitrogens with two attached hydrogens (primary N) is 2. The lowest BCUT2D eigenvalue weighted by molar-refractivity contribution is -0.138. The van der Waals surface area contributed by atoms with Gasteiger partial charge >= 0.3 is 6.18 Å². The number of primary amides is 1. The lowest BCUT2D eigenvalue weighted by Gasteiger charge is -2.42. The van der Waals surface area contributed by atoms with Crippen LogP contribution in [-0.2, 0) is 21.0 Å². The van der Waals surface area contributed by atoms with Crippen molar-refractivity contribution in [2.75, 3.05) is 6.54 Å². The Bertz CT molecular complexity index is 1380. The molecule has 0 unspecified atom stereocenters. The van der Waals surface area contributed by atoms with Crippen molar-refractivity contribution in [1.29, 1.82) is 0 Å². The summed E-state index contributed by atoms with van der Waals surface area (Å²) in [4.78, 5) is 26.4. The first-order valence-electron chi connectivity index (χ1n) is 11.0. The number of primary sulfonamides is 1. The predicted octanol–water partition coefficient (Wildman–Crippen LogP) is 3.39. The van der Waals surface area contributed by atoms with Gasteiger partial charge in [0.2, 0.25) is 15.9 Å². The van der Waals surface area contributed by atoms with E-state index in [-0.39, 0.29) is 6.07 Å². The van der Waals surface area contributed by atoms with E-state index >= 15 is 4.39 Å². The van der Waals surface area contributed by atoms with Crippen LogP contribution in [0, 0.1) is 11.7 Å². The zero-order valence-electron chi connectivity index (χ0n) is 18.9. The number of alkyl halides is 5. The number of benzene rings is 2. The maximum Gasteiger partial charge on any atom is 0.416 e. The lowest BCUT2D eigenvalue weighted by atomic mass is 9.72. The number of carbonyl (C=O) groups is 2. The molecule has 2 amide bonds. The molecule has 2 aromatic carbocycles. The molecule has 0 spiro atoms. The maximum absolute atomic E-state index is 15.1. The smallest absolute Gasteiger partial charge is 0.368 e. The van der Waals surface area contributed by atoms with Crippen LogP contribution in [0.1, 0.15) is 46.7 Å². The third kappa shape index (κ3) is 4.91. The minimum atomic E-state index is -4.88. The Balaban J connectivity index is 1.89. The molecule has 2 fully saturated rings. The van der Waals surface area contributed by atoms with Crippen molar-refractivity contribution in [2.24, 2.45) is 16.8 Å². The maximum atomic E-state index is 15.1. The van der Waals surface area contributed by atoms with Gasteiger partial charge in [0.1, 0.15) is 11.4 Å². The molecule has 37 heavy (non-hydrogen) atoms. The van der Waals surface area contributed by atoms with Crippen molar-refractivity contribution in [1.82, 2.24) is 4.90 Å². The van der Waals surface area contributed by atoms with Crippen molar-refractivity contribution in [2.45, 2.75) is 47.7 Å². The normalized spacial score (nSPS) is 22.6. The molecule has 4 rings (SSSR count). The molecule has 1 aliphatic heterocycles. The molecular weight excluding hydrogens is 528 g/mol. The summed E-state index contributed by atoms with van der Waals surface area (Å²) in [5.41, 5.74) is 0.935. The number of rotatable bonds is 6. The molecule has 1 aliphatic carbocycles. The second-order valence-electron chi connectivity index (χ2n) is 9.33. The standard InChI is InChI=1S/C23H21F6N3O4S/c24-17-9-14(23(27,28)29)6-7-16(17)18(12-4-5-12)22(20(30)34)10-21(25,26)11-32(22)19(33)13-2-1-3-15(8-13)37(31,35)36/h1-3,6-9,12,18H,4-5,10-11H2,(H2,30,34)(H2,31,35,36)/t18-,22+/m1/s1. The third-order valence-corrected chi connectivity index (χ3v) is 7.66. The summed E-state index contributed by atoms with van der Waals surface area (Å²) in [6, 6.07) is 5.70.